The van der Waals surface area contributed by atoms with E-state index in [0.717, 1.165) is 6.42 Å². The number of ether oxygens (including phenoxy) is 1. The highest BCUT2D eigenvalue weighted by atomic mass is 35.5. The topological polar surface area (TPSA) is 75.7 Å². The molecule has 1 aliphatic heterocycles. The number of halogens is 1. The second-order valence-corrected chi connectivity index (χ2v) is 8.28. The normalized spacial score (nSPS) is 25.1. The van der Waals surface area contributed by atoms with E-state index in [9.17, 15) is 13.2 Å². The first kappa shape index (κ1) is 16.7. The Balaban J connectivity index is 1.83. The van der Waals surface area contributed by atoms with Crippen LogP contribution >= 0.6 is 11.6 Å². The number of sulfonamides is 1. The van der Waals surface area contributed by atoms with Gasteiger partial charge in [-0.2, -0.15) is 4.31 Å². The van der Waals surface area contributed by atoms with Gasteiger partial charge in [0.15, 0.2) is 0 Å². The van der Waals surface area contributed by atoms with E-state index in [-0.39, 0.29) is 21.7 Å². The van der Waals surface area contributed by atoms with Gasteiger partial charge in [-0.25, -0.2) is 8.42 Å². The zero-order chi connectivity index (χ0) is 16.6. The van der Waals surface area contributed by atoms with Crippen LogP contribution in [0.15, 0.2) is 23.1 Å². The zero-order valence-electron chi connectivity index (χ0n) is 12.8. The number of carbonyl (C=O) groups is 1. The second kappa shape index (κ2) is 6.39. The highest BCUT2D eigenvalue weighted by Gasteiger charge is 2.39. The molecule has 6 nitrogen and oxygen atoms in total. The Morgan fingerprint density at radius 3 is 2.61 bits per heavy atom. The van der Waals surface area contributed by atoms with E-state index in [0.29, 0.717) is 37.9 Å². The maximum Gasteiger partial charge on any atom is 0.244 e. The molecule has 8 heteroatoms. The summed E-state index contributed by atoms with van der Waals surface area (Å²) in [5.41, 5.74) is 0.449. The van der Waals surface area contributed by atoms with Crippen LogP contribution in [0, 0.1) is 11.8 Å². The number of carbonyl (C=O) groups excluding carboxylic acids is 1. The molecule has 23 heavy (non-hydrogen) atoms. The molecular formula is C15H19ClN2O4S. The number of rotatable bonds is 4. The smallest absolute Gasteiger partial charge is 0.244 e. The van der Waals surface area contributed by atoms with E-state index in [1.807, 2.05) is 6.92 Å². The third-order valence-electron chi connectivity index (χ3n) is 4.23. The molecule has 0 spiro atoms. The zero-order valence-corrected chi connectivity index (χ0v) is 14.4. The summed E-state index contributed by atoms with van der Waals surface area (Å²) in [5.74, 6) is 0.332. The summed E-state index contributed by atoms with van der Waals surface area (Å²) >= 11 is 6.08. The quantitative estimate of drug-likeness (QED) is 0.892. The lowest BCUT2D eigenvalue weighted by atomic mass is 10.3. The van der Waals surface area contributed by atoms with Crippen LogP contribution in [-0.2, 0) is 19.6 Å². The molecule has 1 aliphatic carbocycles. The van der Waals surface area contributed by atoms with E-state index in [1.54, 1.807) is 6.07 Å². The number of amides is 1. The van der Waals surface area contributed by atoms with Crippen molar-refractivity contribution >= 4 is 33.2 Å². The molecule has 1 N–H and O–H groups in total. The van der Waals surface area contributed by atoms with E-state index in [1.165, 1.54) is 16.4 Å². The van der Waals surface area contributed by atoms with Crippen LogP contribution in [0.3, 0.4) is 0 Å². The third-order valence-corrected chi connectivity index (χ3v) is 6.61. The van der Waals surface area contributed by atoms with Crippen LogP contribution in [0.4, 0.5) is 5.69 Å². The number of anilines is 1. The van der Waals surface area contributed by atoms with Gasteiger partial charge in [0.05, 0.1) is 18.2 Å². The molecule has 0 bridgehead atoms. The number of nitrogens with one attached hydrogen (secondary N) is 1. The first-order chi connectivity index (χ1) is 10.9. The Morgan fingerprint density at radius 1 is 1.35 bits per heavy atom. The van der Waals surface area contributed by atoms with Gasteiger partial charge in [0.2, 0.25) is 15.9 Å². The molecule has 1 aromatic rings. The summed E-state index contributed by atoms with van der Waals surface area (Å²) < 4.78 is 32.0. The van der Waals surface area contributed by atoms with E-state index < -0.39 is 10.0 Å². The maximum atomic E-state index is 12.7. The van der Waals surface area contributed by atoms with Crippen LogP contribution in [0.5, 0.6) is 0 Å². The monoisotopic (exact) mass is 358 g/mol. The molecule has 0 aromatic heterocycles. The third kappa shape index (κ3) is 3.52. The van der Waals surface area contributed by atoms with E-state index >= 15 is 0 Å². The summed E-state index contributed by atoms with van der Waals surface area (Å²) in [6, 6.07) is 4.55. The van der Waals surface area contributed by atoms with Gasteiger partial charge in [0.1, 0.15) is 4.90 Å². The Hall–Kier alpha value is -1.15. The minimum atomic E-state index is -3.70. The van der Waals surface area contributed by atoms with Crippen molar-refractivity contribution < 1.29 is 17.9 Å². The van der Waals surface area contributed by atoms with Crippen LogP contribution in [0.2, 0.25) is 5.02 Å². The molecule has 1 saturated carbocycles. The Kier molecular flexibility index (Phi) is 4.64. The van der Waals surface area contributed by atoms with Gasteiger partial charge in [0.25, 0.3) is 0 Å². The Labute approximate surface area is 140 Å². The predicted molar refractivity (Wildman–Crippen MR) is 86.9 cm³/mol. The molecule has 2 fully saturated rings. The molecule has 1 amide bonds. The highest BCUT2D eigenvalue weighted by Crippen LogP contribution is 2.38. The SMILES string of the molecule is CC1CC1C(=O)Nc1ccc(Cl)c(S(=O)(=O)N2CCOCC2)c1. The summed E-state index contributed by atoms with van der Waals surface area (Å²) in [7, 11) is -3.70. The minimum absolute atomic E-state index is 0.0164. The molecule has 126 valence electrons. The molecule has 2 unspecified atom stereocenters. The summed E-state index contributed by atoms with van der Waals surface area (Å²) in [6.45, 7) is 3.35. The van der Waals surface area contributed by atoms with Crippen molar-refractivity contribution in [2.45, 2.75) is 18.2 Å². The maximum absolute atomic E-state index is 12.7. The second-order valence-electron chi connectivity index (χ2n) is 5.97. The van der Waals surface area contributed by atoms with E-state index in [4.69, 9.17) is 16.3 Å². The molecular weight excluding hydrogens is 340 g/mol. The van der Waals surface area contributed by atoms with Crippen molar-refractivity contribution in [1.82, 2.24) is 4.31 Å². The molecule has 1 heterocycles. The number of nitrogens with zero attached hydrogens (tertiary/aromatic N) is 1. The largest absolute Gasteiger partial charge is 0.379 e. The number of hydrogen-bond donors (Lipinski definition) is 1. The van der Waals surface area contributed by atoms with Crippen LogP contribution in [0.1, 0.15) is 13.3 Å². The fourth-order valence-electron chi connectivity index (χ4n) is 2.63. The van der Waals surface area contributed by atoms with Gasteiger partial charge in [-0.15, -0.1) is 0 Å². The fraction of sp³-hybridized carbons (Fsp3) is 0.533. The number of morpholine rings is 1. The highest BCUT2D eigenvalue weighted by molar-refractivity contribution is 7.89. The van der Waals surface area contributed by atoms with Crippen LogP contribution < -0.4 is 5.32 Å². The molecule has 2 aliphatic rings. The Bertz CT molecular complexity index is 716. The Morgan fingerprint density at radius 2 is 2.00 bits per heavy atom. The lowest BCUT2D eigenvalue weighted by molar-refractivity contribution is -0.117. The van der Waals surface area contributed by atoms with Crippen molar-refractivity contribution in [3.8, 4) is 0 Å². The van der Waals surface area contributed by atoms with E-state index in [2.05, 4.69) is 5.32 Å². The predicted octanol–water partition coefficient (Wildman–Crippen LogP) is 1.96. The van der Waals surface area contributed by atoms with Crippen molar-refractivity contribution in [2.75, 3.05) is 31.6 Å². The van der Waals surface area contributed by atoms with Gasteiger partial charge in [-0.3, -0.25) is 4.79 Å². The van der Waals surface area contributed by atoms with Crippen molar-refractivity contribution in [2.24, 2.45) is 11.8 Å². The molecule has 2 atom stereocenters. The number of hydrogen-bond acceptors (Lipinski definition) is 4. The first-order valence-corrected chi connectivity index (χ1v) is 9.39. The lowest BCUT2D eigenvalue weighted by Crippen LogP contribution is -2.40. The van der Waals surface area contributed by atoms with Gasteiger partial charge in [-0.1, -0.05) is 18.5 Å². The number of benzene rings is 1. The van der Waals surface area contributed by atoms with Crippen LogP contribution in [-0.4, -0.2) is 44.9 Å². The average Bonchev–Trinajstić information content (AvgIpc) is 3.27. The fourth-order valence-corrected chi connectivity index (χ4v) is 4.54. The summed E-state index contributed by atoms with van der Waals surface area (Å²) in [4.78, 5) is 12.0. The molecule has 1 aromatic carbocycles. The van der Waals surface area contributed by atoms with Crippen LogP contribution in [0.25, 0.3) is 0 Å². The lowest BCUT2D eigenvalue weighted by Gasteiger charge is -2.26. The van der Waals surface area contributed by atoms with Crippen molar-refractivity contribution in [1.29, 1.82) is 0 Å². The van der Waals surface area contributed by atoms with Gasteiger partial charge in [0, 0.05) is 24.7 Å². The first-order valence-electron chi connectivity index (χ1n) is 7.58. The summed E-state index contributed by atoms with van der Waals surface area (Å²) in [6.07, 6.45) is 0.873. The van der Waals surface area contributed by atoms with Crippen molar-refractivity contribution in [3.05, 3.63) is 23.2 Å². The standard InChI is InChI=1S/C15H19ClN2O4S/c1-10-8-12(10)15(19)17-11-2-3-13(16)14(9-11)23(20,21)18-4-6-22-7-5-18/h2-3,9-10,12H,4-8H2,1H3,(H,17,19). The van der Waals surface area contributed by atoms with Gasteiger partial charge >= 0.3 is 0 Å². The molecule has 1 saturated heterocycles. The van der Waals surface area contributed by atoms with Crippen molar-refractivity contribution in [3.63, 3.8) is 0 Å². The average molecular weight is 359 g/mol. The minimum Gasteiger partial charge on any atom is -0.379 e. The summed E-state index contributed by atoms with van der Waals surface area (Å²) in [5, 5.41) is 2.92. The molecule has 0 radical (unpaired) electrons. The van der Waals surface area contributed by atoms with Gasteiger partial charge in [-0.05, 0) is 30.5 Å². The van der Waals surface area contributed by atoms with Gasteiger partial charge < -0.3 is 10.1 Å². The molecule has 3 rings (SSSR count).